The number of nitrogens with zero attached hydrogens (tertiary/aromatic N) is 2. The lowest BCUT2D eigenvalue weighted by molar-refractivity contribution is 0.628. The fraction of sp³-hybridized carbons (Fsp3) is 0. The van der Waals surface area contributed by atoms with E-state index in [1.54, 1.807) is 18.3 Å². The number of halogens is 2. The van der Waals surface area contributed by atoms with Gasteiger partial charge in [-0.2, -0.15) is 5.10 Å². The number of hydrazone groups is 1. The predicted molar refractivity (Wildman–Crippen MR) is 94.5 cm³/mol. The summed E-state index contributed by atoms with van der Waals surface area (Å²) < 4.78 is 12.8. The monoisotopic (exact) mass is 346 g/mol. The van der Waals surface area contributed by atoms with Gasteiger partial charge in [0.15, 0.2) is 10.3 Å². The molecular weight excluding hydrogens is 335 g/mol. The van der Waals surface area contributed by atoms with Gasteiger partial charge in [0, 0.05) is 5.69 Å². The van der Waals surface area contributed by atoms with Crippen LogP contribution >= 0.6 is 22.9 Å². The number of thiazole rings is 1. The second kappa shape index (κ2) is 7.21. The lowest BCUT2D eigenvalue weighted by Crippen LogP contribution is -1.89. The highest BCUT2D eigenvalue weighted by Gasteiger charge is 2.07. The predicted octanol–water partition coefficient (Wildman–Crippen LogP) is 5.13. The Morgan fingerprint density at radius 1 is 1.04 bits per heavy atom. The highest BCUT2D eigenvalue weighted by molar-refractivity contribution is 7.17. The first-order valence-electron chi connectivity index (χ1n) is 6.74. The zero-order valence-electron chi connectivity index (χ0n) is 11.8. The van der Waals surface area contributed by atoms with Crippen LogP contribution in [-0.4, -0.2) is 11.2 Å². The van der Waals surface area contributed by atoms with Crippen LogP contribution in [0.25, 0.3) is 0 Å². The minimum atomic E-state index is -0.290. The Balaban J connectivity index is 1.66. The Labute approximate surface area is 141 Å². The highest BCUT2D eigenvalue weighted by atomic mass is 35.5. The summed E-state index contributed by atoms with van der Waals surface area (Å²) in [7, 11) is 0. The van der Waals surface area contributed by atoms with Crippen molar-refractivity contribution in [3.8, 4) is 0 Å². The van der Waals surface area contributed by atoms with Gasteiger partial charge >= 0.3 is 0 Å². The van der Waals surface area contributed by atoms with Gasteiger partial charge in [0.25, 0.3) is 0 Å². The average molecular weight is 347 g/mol. The molecule has 0 bridgehead atoms. The largest absolute Gasteiger partial charge is 0.331 e. The fourth-order valence-corrected chi connectivity index (χ4v) is 2.83. The van der Waals surface area contributed by atoms with Crippen LogP contribution in [0.4, 0.5) is 20.9 Å². The van der Waals surface area contributed by atoms with Gasteiger partial charge in [-0.1, -0.05) is 41.1 Å². The molecule has 0 amide bonds. The Morgan fingerprint density at radius 3 is 2.52 bits per heavy atom. The van der Waals surface area contributed by atoms with Gasteiger partial charge in [0.05, 0.1) is 16.8 Å². The lowest BCUT2D eigenvalue weighted by Gasteiger charge is -2.00. The number of anilines is 3. The molecule has 0 saturated heterocycles. The number of benzene rings is 2. The SMILES string of the molecule is Fc1ccc(N/N=C/c2sc(Nc3ccccc3)nc2Cl)cc1. The van der Waals surface area contributed by atoms with E-state index in [0.29, 0.717) is 16.0 Å². The number of rotatable bonds is 5. The van der Waals surface area contributed by atoms with Crippen molar-refractivity contribution in [2.24, 2.45) is 5.10 Å². The van der Waals surface area contributed by atoms with E-state index in [4.69, 9.17) is 11.6 Å². The maximum Gasteiger partial charge on any atom is 0.189 e. The van der Waals surface area contributed by atoms with Crippen LogP contribution in [0.1, 0.15) is 4.88 Å². The maximum absolute atomic E-state index is 12.8. The third kappa shape index (κ3) is 4.28. The topological polar surface area (TPSA) is 49.3 Å². The number of para-hydroxylation sites is 1. The molecule has 3 aromatic rings. The minimum absolute atomic E-state index is 0.290. The molecule has 0 spiro atoms. The molecule has 0 aliphatic rings. The number of aromatic nitrogens is 1. The van der Waals surface area contributed by atoms with E-state index in [0.717, 1.165) is 10.6 Å². The van der Waals surface area contributed by atoms with E-state index in [-0.39, 0.29) is 5.82 Å². The highest BCUT2D eigenvalue weighted by Crippen LogP contribution is 2.27. The van der Waals surface area contributed by atoms with Gasteiger partial charge in [0.1, 0.15) is 5.82 Å². The van der Waals surface area contributed by atoms with Crippen LogP contribution in [0.2, 0.25) is 5.15 Å². The molecule has 0 radical (unpaired) electrons. The van der Waals surface area contributed by atoms with Crippen LogP contribution in [-0.2, 0) is 0 Å². The van der Waals surface area contributed by atoms with Gasteiger partial charge < -0.3 is 5.32 Å². The molecule has 116 valence electrons. The Bertz CT molecular complexity index is 803. The Kier molecular flexibility index (Phi) is 4.85. The zero-order valence-corrected chi connectivity index (χ0v) is 13.4. The maximum atomic E-state index is 12.8. The molecule has 0 unspecified atom stereocenters. The molecule has 4 nitrogen and oxygen atoms in total. The van der Waals surface area contributed by atoms with Gasteiger partial charge in [0.2, 0.25) is 0 Å². The molecule has 0 fully saturated rings. The number of hydrogen-bond acceptors (Lipinski definition) is 5. The van der Waals surface area contributed by atoms with Crippen molar-refractivity contribution in [3.63, 3.8) is 0 Å². The average Bonchev–Trinajstić information content (AvgIpc) is 2.90. The van der Waals surface area contributed by atoms with E-state index < -0.39 is 0 Å². The van der Waals surface area contributed by atoms with Crippen molar-refractivity contribution in [3.05, 3.63) is 70.4 Å². The molecule has 1 aromatic heterocycles. The Morgan fingerprint density at radius 2 is 1.78 bits per heavy atom. The quantitative estimate of drug-likeness (QED) is 0.497. The molecule has 0 atom stereocenters. The molecule has 0 aliphatic heterocycles. The summed E-state index contributed by atoms with van der Waals surface area (Å²) in [5.41, 5.74) is 4.43. The lowest BCUT2D eigenvalue weighted by atomic mass is 10.3. The van der Waals surface area contributed by atoms with E-state index in [1.165, 1.54) is 23.5 Å². The first kappa shape index (κ1) is 15.5. The third-order valence-electron chi connectivity index (χ3n) is 2.85. The molecule has 7 heteroatoms. The van der Waals surface area contributed by atoms with Gasteiger partial charge in [-0.15, -0.1) is 0 Å². The van der Waals surface area contributed by atoms with E-state index >= 15 is 0 Å². The van der Waals surface area contributed by atoms with Crippen molar-refractivity contribution in [2.75, 3.05) is 10.7 Å². The summed E-state index contributed by atoms with van der Waals surface area (Å²) in [5, 5.41) is 8.32. The van der Waals surface area contributed by atoms with Crippen molar-refractivity contribution < 1.29 is 4.39 Å². The van der Waals surface area contributed by atoms with Crippen molar-refractivity contribution in [1.29, 1.82) is 0 Å². The first-order valence-corrected chi connectivity index (χ1v) is 7.93. The minimum Gasteiger partial charge on any atom is -0.331 e. The van der Waals surface area contributed by atoms with Crippen LogP contribution in [0.15, 0.2) is 59.7 Å². The Hall–Kier alpha value is -2.44. The standard InChI is InChI=1S/C16H12ClFN4S/c17-15-14(10-19-22-13-8-6-11(18)7-9-13)23-16(21-15)20-12-4-2-1-3-5-12/h1-10,22H,(H,20,21)/b19-10+. The first-order chi connectivity index (χ1) is 11.2. The van der Waals surface area contributed by atoms with Crippen LogP contribution in [0.3, 0.4) is 0 Å². The van der Waals surface area contributed by atoms with Gasteiger partial charge in [-0.05, 0) is 36.4 Å². The molecule has 0 aliphatic carbocycles. The summed E-state index contributed by atoms with van der Waals surface area (Å²) in [6.45, 7) is 0. The van der Waals surface area contributed by atoms with E-state index in [2.05, 4.69) is 20.8 Å². The second-order valence-corrected chi connectivity index (χ2v) is 5.93. The van der Waals surface area contributed by atoms with Crippen LogP contribution in [0, 0.1) is 5.82 Å². The van der Waals surface area contributed by atoms with Crippen molar-refractivity contribution >= 4 is 45.7 Å². The third-order valence-corrected chi connectivity index (χ3v) is 4.16. The van der Waals surface area contributed by atoms with Crippen LogP contribution in [0.5, 0.6) is 0 Å². The van der Waals surface area contributed by atoms with Crippen molar-refractivity contribution in [2.45, 2.75) is 0 Å². The number of hydrogen-bond donors (Lipinski definition) is 2. The summed E-state index contributed by atoms with van der Waals surface area (Å²) in [6.07, 6.45) is 1.58. The van der Waals surface area contributed by atoms with Crippen LogP contribution < -0.4 is 10.7 Å². The van der Waals surface area contributed by atoms with E-state index in [9.17, 15) is 4.39 Å². The zero-order chi connectivity index (χ0) is 16.1. The van der Waals surface area contributed by atoms with E-state index in [1.807, 2.05) is 30.3 Å². The molecule has 2 N–H and O–H groups in total. The van der Waals surface area contributed by atoms with Gasteiger partial charge in [-0.25, -0.2) is 9.37 Å². The summed E-state index contributed by atoms with van der Waals surface area (Å²) in [4.78, 5) is 4.97. The molecule has 1 heterocycles. The molecular formula is C16H12ClFN4S. The summed E-state index contributed by atoms with van der Waals surface area (Å²) in [6, 6.07) is 15.6. The molecule has 2 aromatic carbocycles. The summed E-state index contributed by atoms with van der Waals surface area (Å²) >= 11 is 7.49. The molecule has 0 saturated carbocycles. The fourth-order valence-electron chi connectivity index (χ4n) is 1.78. The second-order valence-electron chi connectivity index (χ2n) is 4.54. The smallest absolute Gasteiger partial charge is 0.189 e. The normalized spacial score (nSPS) is 10.9. The van der Waals surface area contributed by atoms with Crippen molar-refractivity contribution in [1.82, 2.24) is 4.98 Å². The number of nitrogens with one attached hydrogen (secondary N) is 2. The molecule has 3 rings (SSSR count). The van der Waals surface area contributed by atoms with Gasteiger partial charge in [-0.3, -0.25) is 5.43 Å². The molecule has 23 heavy (non-hydrogen) atoms. The summed E-state index contributed by atoms with van der Waals surface area (Å²) in [5.74, 6) is -0.290.